The van der Waals surface area contributed by atoms with Gasteiger partial charge in [0.15, 0.2) is 0 Å². The van der Waals surface area contributed by atoms with Crippen LogP contribution in [-0.2, 0) is 4.74 Å². The van der Waals surface area contributed by atoms with Crippen molar-refractivity contribution >= 4 is 23.5 Å². The van der Waals surface area contributed by atoms with Crippen molar-refractivity contribution in [2.24, 2.45) is 0 Å². The Morgan fingerprint density at radius 2 is 1.59 bits per heavy atom. The summed E-state index contributed by atoms with van der Waals surface area (Å²) in [6.45, 7) is 1.85. The molecule has 0 aromatic heterocycles. The topological polar surface area (TPSA) is 84.5 Å². The van der Waals surface area contributed by atoms with Crippen LogP contribution in [0.25, 0.3) is 0 Å². The molecular weight excluding hydrogens is 368 g/mol. The average molecular weight is 394 g/mol. The van der Waals surface area contributed by atoms with Gasteiger partial charge in [-0.2, -0.15) is 0 Å². The number of carbonyl (C=O) groups excluding carboxylic acids is 3. The number of rotatable bonds is 5. The van der Waals surface area contributed by atoms with E-state index in [0.717, 1.165) is 31.2 Å². The molecule has 2 aromatic carbocycles. The predicted octanol–water partition coefficient (Wildman–Crippen LogP) is 4.10. The number of esters is 1. The predicted molar refractivity (Wildman–Crippen MR) is 111 cm³/mol. The van der Waals surface area contributed by atoms with Gasteiger partial charge >= 0.3 is 5.97 Å². The molecule has 6 heteroatoms. The molecule has 6 nitrogen and oxygen atoms in total. The van der Waals surface area contributed by atoms with Crippen LogP contribution < -0.4 is 10.6 Å². The summed E-state index contributed by atoms with van der Waals surface area (Å²) < 4.78 is 4.69. The summed E-state index contributed by atoms with van der Waals surface area (Å²) in [6, 6.07) is 11.8. The summed E-state index contributed by atoms with van der Waals surface area (Å²) in [5.41, 5.74) is 2.66. The number of carbonyl (C=O) groups is 3. The average Bonchev–Trinajstić information content (AvgIpc) is 2.75. The van der Waals surface area contributed by atoms with Crippen molar-refractivity contribution in [3.63, 3.8) is 0 Å². The first-order valence-corrected chi connectivity index (χ1v) is 9.89. The Balaban J connectivity index is 1.68. The van der Waals surface area contributed by atoms with Crippen LogP contribution in [0.2, 0.25) is 0 Å². The standard InChI is InChI=1S/C23H26N2O4/c1-15-13-17(21(26)24-19-9-4-3-5-10-19)11-12-20(15)25-22(27)16-7-6-8-18(14-16)23(28)29-2/h6-8,11-14,19H,3-5,9-10H2,1-2H3,(H,24,26)(H,25,27). The maximum absolute atomic E-state index is 12.6. The zero-order chi connectivity index (χ0) is 20.8. The molecule has 0 unspecified atom stereocenters. The number of anilines is 1. The number of benzene rings is 2. The zero-order valence-corrected chi connectivity index (χ0v) is 16.8. The third kappa shape index (κ3) is 5.22. The molecule has 0 atom stereocenters. The lowest BCUT2D eigenvalue weighted by molar-refractivity contribution is 0.0600. The van der Waals surface area contributed by atoms with Crippen molar-refractivity contribution in [3.8, 4) is 0 Å². The molecule has 1 fully saturated rings. The quantitative estimate of drug-likeness (QED) is 0.748. The minimum Gasteiger partial charge on any atom is -0.465 e. The Kier molecular flexibility index (Phi) is 6.65. The molecule has 2 aromatic rings. The van der Waals surface area contributed by atoms with Crippen molar-refractivity contribution in [1.82, 2.24) is 5.32 Å². The minimum absolute atomic E-state index is 0.0799. The largest absolute Gasteiger partial charge is 0.465 e. The van der Waals surface area contributed by atoms with Crippen molar-refractivity contribution < 1.29 is 19.1 Å². The summed E-state index contributed by atoms with van der Waals surface area (Å²) in [6.07, 6.45) is 5.62. The number of amides is 2. The summed E-state index contributed by atoms with van der Waals surface area (Å²) in [7, 11) is 1.30. The van der Waals surface area contributed by atoms with Gasteiger partial charge < -0.3 is 15.4 Å². The fourth-order valence-electron chi connectivity index (χ4n) is 3.56. The highest BCUT2D eigenvalue weighted by Crippen LogP contribution is 2.20. The van der Waals surface area contributed by atoms with E-state index in [9.17, 15) is 14.4 Å². The number of methoxy groups -OCH3 is 1. The van der Waals surface area contributed by atoms with E-state index >= 15 is 0 Å². The molecule has 1 saturated carbocycles. The normalized spacial score (nSPS) is 14.1. The Morgan fingerprint density at radius 1 is 0.897 bits per heavy atom. The molecule has 0 saturated heterocycles. The smallest absolute Gasteiger partial charge is 0.337 e. The van der Waals surface area contributed by atoms with E-state index < -0.39 is 5.97 Å². The monoisotopic (exact) mass is 394 g/mol. The molecule has 1 aliphatic rings. The molecule has 3 rings (SSSR count). The van der Waals surface area contributed by atoms with Crippen LogP contribution in [0.4, 0.5) is 5.69 Å². The van der Waals surface area contributed by atoms with E-state index in [0.29, 0.717) is 22.4 Å². The van der Waals surface area contributed by atoms with E-state index in [1.807, 2.05) is 6.92 Å². The highest BCUT2D eigenvalue weighted by molar-refractivity contribution is 6.06. The first-order valence-electron chi connectivity index (χ1n) is 9.89. The van der Waals surface area contributed by atoms with Crippen molar-refractivity contribution in [2.45, 2.75) is 45.1 Å². The fraction of sp³-hybridized carbons (Fsp3) is 0.348. The molecule has 0 spiro atoms. The van der Waals surface area contributed by atoms with Crippen LogP contribution in [0, 0.1) is 6.92 Å². The molecular formula is C23H26N2O4. The molecule has 29 heavy (non-hydrogen) atoms. The molecule has 2 amide bonds. The van der Waals surface area contributed by atoms with Gasteiger partial charge in [0, 0.05) is 22.9 Å². The summed E-state index contributed by atoms with van der Waals surface area (Å²) in [5.74, 6) is -0.911. The number of ether oxygens (including phenoxy) is 1. The van der Waals surface area contributed by atoms with E-state index in [2.05, 4.69) is 15.4 Å². The first-order chi connectivity index (χ1) is 14.0. The fourth-order valence-corrected chi connectivity index (χ4v) is 3.56. The number of hydrogen-bond acceptors (Lipinski definition) is 4. The zero-order valence-electron chi connectivity index (χ0n) is 16.8. The number of hydrogen-bond donors (Lipinski definition) is 2. The van der Waals surface area contributed by atoms with E-state index in [4.69, 9.17) is 0 Å². The van der Waals surface area contributed by atoms with Gasteiger partial charge in [0.05, 0.1) is 12.7 Å². The molecule has 2 N–H and O–H groups in total. The van der Waals surface area contributed by atoms with Crippen LogP contribution in [0.1, 0.15) is 68.7 Å². The highest BCUT2D eigenvalue weighted by atomic mass is 16.5. The van der Waals surface area contributed by atoms with Gasteiger partial charge in [-0.05, 0) is 61.7 Å². The second-order valence-corrected chi connectivity index (χ2v) is 7.36. The van der Waals surface area contributed by atoms with Gasteiger partial charge in [0.2, 0.25) is 0 Å². The van der Waals surface area contributed by atoms with Crippen LogP contribution in [-0.4, -0.2) is 30.9 Å². The van der Waals surface area contributed by atoms with Gasteiger partial charge in [0.25, 0.3) is 11.8 Å². The minimum atomic E-state index is -0.496. The van der Waals surface area contributed by atoms with E-state index in [1.54, 1.807) is 36.4 Å². The van der Waals surface area contributed by atoms with Crippen molar-refractivity contribution in [3.05, 3.63) is 64.7 Å². The highest BCUT2D eigenvalue weighted by Gasteiger charge is 2.17. The van der Waals surface area contributed by atoms with Gasteiger partial charge in [-0.15, -0.1) is 0 Å². The second kappa shape index (κ2) is 9.37. The summed E-state index contributed by atoms with van der Waals surface area (Å²) in [4.78, 5) is 36.7. The Labute approximate surface area is 170 Å². The van der Waals surface area contributed by atoms with Gasteiger partial charge in [-0.25, -0.2) is 4.79 Å². The lowest BCUT2D eigenvalue weighted by Gasteiger charge is -2.23. The molecule has 0 bridgehead atoms. The molecule has 1 aliphatic carbocycles. The third-order valence-electron chi connectivity index (χ3n) is 5.22. The summed E-state index contributed by atoms with van der Waals surface area (Å²) in [5, 5.41) is 5.94. The van der Waals surface area contributed by atoms with E-state index in [1.165, 1.54) is 19.6 Å². The number of aryl methyl sites for hydroxylation is 1. The van der Waals surface area contributed by atoms with Crippen LogP contribution in [0.5, 0.6) is 0 Å². The maximum Gasteiger partial charge on any atom is 0.337 e. The van der Waals surface area contributed by atoms with Gasteiger partial charge in [-0.3, -0.25) is 9.59 Å². The Morgan fingerprint density at radius 3 is 2.28 bits per heavy atom. The molecule has 0 radical (unpaired) electrons. The summed E-state index contributed by atoms with van der Waals surface area (Å²) >= 11 is 0. The maximum atomic E-state index is 12.6. The Hall–Kier alpha value is -3.15. The van der Waals surface area contributed by atoms with Gasteiger partial charge in [0.1, 0.15) is 0 Å². The molecule has 0 heterocycles. The molecule has 152 valence electrons. The molecule has 0 aliphatic heterocycles. The lowest BCUT2D eigenvalue weighted by atomic mass is 9.95. The van der Waals surface area contributed by atoms with Crippen LogP contribution >= 0.6 is 0 Å². The van der Waals surface area contributed by atoms with Crippen LogP contribution in [0.3, 0.4) is 0 Å². The second-order valence-electron chi connectivity index (χ2n) is 7.36. The Bertz CT molecular complexity index is 917. The first kappa shape index (κ1) is 20.6. The van der Waals surface area contributed by atoms with Gasteiger partial charge in [-0.1, -0.05) is 25.3 Å². The van der Waals surface area contributed by atoms with Crippen molar-refractivity contribution in [2.75, 3.05) is 12.4 Å². The van der Waals surface area contributed by atoms with Crippen molar-refractivity contribution in [1.29, 1.82) is 0 Å². The SMILES string of the molecule is COC(=O)c1cccc(C(=O)Nc2ccc(C(=O)NC3CCCCC3)cc2C)c1. The van der Waals surface area contributed by atoms with E-state index in [-0.39, 0.29) is 17.9 Å². The third-order valence-corrected chi connectivity index (χ3v) is 5.22. The van der Waals surface area contributed by atoms with Crippen LogP contribution in [0.15, 0.2) is 42.5 Å². The lowest BCUT2D eigenvalue weighted by Crippen LogP contribution is -2.36. The number of nitrogens with one attached hydrogen (secondary N) is 2.